The van der Waals surface area contributed by atoms with Crippen LogP contribution in [0.4, 0.5) is 0 Å². The van der Waals surface area contributed by atoms with Crippen LogP contribution in [0.5, 0.6) is 0 Å². The van der Waals surface area contributed by atoms with Gasteiger partial charge in [-0.05, 0) is 57.8 Å². The van der Waals surface area contributed by atoms with Crippen molar-refractivity contribution in [1.29, 1.82) is 0 Å². The largest absolute Gasteiger partial charge is 0.462 e. The molecule has 0 heterocycles. The number of hydrogen-bond acceptors (Lipinski definition) is 6. The normalized spacial score (nSPS) is 12.4. The van der Waals surface area contributed by atoms with Gasteiger partial charge in [0.05, 0.1) is 0 Å². The Labute approximate surface area is 397 Å². The molecule has 64 heavy (non-hydrogen) atoms. The second kappa shape index (κ2) is 53.0. The third-order valence-corrected chi connectivity index (χ3v) is 12.1. The van der Waals surface area contributed by atoms with E-state index in [9.17, 15) is 14.4 Å². The summed E-state index contributed by atoms with van der Waals surface area (Å²) in [7, 11) is 0. The molecule has 1 atom stereocenters. The lowest BCUT2D eigenvalue weighted by molar-refractivity contribution is -0.167. The first-order valence-corrected chi connectivity index (χ1v) is 27.6. The van der Waals surface area contributed by atoms with Gasteiger partial charge in [0.25, 0.3) is 0 Å². The van der Waals surface area contributed by atoms with Crippen molar-refractivity contribution in [2.24, 2.45) is 0 Å². The minimum Gasteiger partial charge on any atom is -0.462 e. The van der Waals surface area contributed by atoms with Gasteiger partial charge in [-0.25, -0.2) is 0 Å². The number of carbonyl (C=O) groups is 3. The molecule has 0 aromatic heterocycles. The molecule has 0 aliphatic rings. The number of unbranched alkanes of at least 4 members (excludes halogenated alkanes) is 31. The maximum absolute atomic E-state index is 12.8. The highest BCUT2D eigenvalue weighted by Gasteiger charge is 2.19. The van der Waals surface area contributed by atoms with Crippen molar-refractivity contribution >= 4 is 17.9 Å². The smallest absolute Gasteiger partial charge is 0.306 e. The van der Waals surface area contributed by atoms with Crippen LogP contribution >= 0.6 is 0 Å². The first-order chi connectivity index (χ1) is 31.5. The van der Waals surface area contributed by atoms with Gasteiger partial charge in [-0.3, -0.25) is 14.4 Å². The predicted octanol–water partition coefficient (Wildman–Crippen LogP) is 18.3. The Bertz CT molecular complexity index is 1120. The zero-order chi connectivity index (χ0) is 46.5. The highest BCUT2D eigenvalue weighted by Crippen LogP contribution is 2.16. The van der Waals surface area contributed by atoms with E-state index in [0.717, 1.165) is 89.9 Å². The molecule has 0 amide bonds. The fourth-order valence-corrected chi connectivity index (χ4v) is 7.96. The predicted molar refractivity (Wildman–Crippen MR) is 275 cm³/mol. The summed E-state index contributed by atoms with van der Waals surface area (Å²) in [5, 5.41) is 0. The van der Waals surface area contributed by atoms with E-state index in [4.69, 9.17) is 14.2 Å². The van der Waals surface area contributed by atoms with Crippen LogP contribution in [0.3, 0.4) is 0 Å². The fraction of sp³-hybridized carbons (Fsp3) is 0.810. The number of rotatable bonds is 50. The molecule has 0 N–H and O–H groups in total. The van der Waals surface area contributed by atoms with Crippen LogP contribution in [0, 0.1) is 0 Å². The third kappa shape index (κ3) is 50.4. The van der Waals surface area contributed by atoms with E-state index >= 15 is 0 Å². The van der Waals surface area contributed by atoms with Crippen molar-refractivity contribution in [1.82, 2.24) is 0 Å². The van der Waals surface area contributed by atoms with Crippen molar-refractivity contribution in [2.45, 2.75) is 290 Å². The fourth-order valence-electron chi connectivity index (χ4n) is 7.96. The molecule has 372 valence electrons. The molecule has 0 rings (SSSR count). The number of hydrogen-bond donors (Lipinski definition) is 0. The van der Waals surface area contributed by atoms with Gasteiger partial charge in [0.15, 0.2) is 6.10 Å². The second-order valence-electron chi connectivity index (χ2n) is 18.5. The van der Waals surface area contributed by atoms with Gasteiger partial charge in [0, 0.05) is 19.3 Å². The van der Waals surface area contributed by atoms with Crippen LogP contribution in [-0.2, 0) is 28.6 Å². The molecule has 0 aromatic rings. The lowest BCUT2D eigenvalue weighted by Gasteiger charge is -2.18. The Morgan fingerprint density at radius 3 is 0.953 bits per heavy atom. The van der Waals surface area contributed by atoms with Gasteiger partial charge in [-0.2, -0.15) is 0 Å². The molecule has 0 bridgehead atoms. The molecular formula is C58H104O6. The Hall–Kier alpha value is -2.63. The van der Waals surface area contributed by atoms with Crippen LogP contribution < -0.4 is 0 Å². The summed E-state index contributed by atoms with van der Waals surface area (Å²) in [4.78, 5) is 38.1. The van der Waals surface area contributed by atoms with Gasteiger partial charge in [-0.15, -0.1) is 0 Å². The van der Waals surface area contributed by atoms with Crippen molar-refractivity contribution in [3.8, 4) is 0 Å². The van der Waals surface area contributed by atoms with E-state index in [1.165, 1.54) is 154 Å². The minimum absolute atomic E-state index is 0.0735. The Morgan fingerprint density at radius 1 is 0.328 bits per heavy atom. The quantitative estimate of drug-likeness (QED) is 0.0262. The van der Waals surface area contributed by atoms with Crippen LogP contribution in [0.25, 0.3) is 0 Å². The average Bonchev–Trinajstić information content (AvgIpc) is 3.29. The molecule has 0 spiro atoms. The maximum atomic E-state index is 12.8. The number of carbonyl (C=O) groups excluding carboxylic acids is 3. The van der Waals surface area contributed by atoms with Crippen LogP contribution in [0.15, 0.2) is 48.6 Å². The number of ether oxygens (including phenoxy) is 3. The number of allylic oxidation sites excluding steroid dienone is 8. The van der Waals surface area contributed by atoms with Crippen LogP contribution in [0.1, 0.15) is 284 Å². The van der Waals surface area contributed by atoms with Gasteiger partial charge < -0.3 is 14.2 Å². The van der Waals surface area contributed by atoms with E-state index < -0.39 is 6.10 Å². The first kappa shape index (κ1) is 61.4. The minimum atomic E-state index is -0.774. The summed E-state index contributed by atoms with van der Waals surface area (Å²) in [6.07, 6.45) is 63.8. The van der Waals surface area contributed by atoms with Gasteiger partial charge >= 0.3 is 17.9 Å². The highest BCUT2D eigenvalue weighted by atomic mass is 16.6. The van der Waals surface area contributed by atoms with E-state index in [1.807, 2.05) is 0 Å². The van der Waals surface area contributed by atoms with Crippen LogP contribution in [-0.4, -0.2) is 37.2 Å². The molecule has 6 heteroatoms. The molecule has 0 saturated heterocycles. The Morgan fingerprint density at radius 2 is 0.609 bits per heavy atom. The van der Waals surface area contributed by atoms with Gasteiger partial charge in [0.1, 0.15) is 13.2 Å². The molecule has 0 saturated carbocycles. The van der Waals surface area contributed by atoms with E-state index in [0.29, 0.717) is 19.3 Å². The average molecular weight is 897 g/mol. The molecule has 6 nitrogen and oxygen atoms in total. The highest BCUT2D eigenvalue weighted by molar-refractivity contribution is 5.71. The third-order valence-electron chi connectivity index (χ3n) is 12.1. The molecule has 0 aliphatic heterocycles. The Kier molecular flexibility index (Phi) is 50.8. The van der Waals surface area contributed by atoms with Crippen LogP contribution in [0.2, 0.25) is 0 Å². The zero-order valence-electron chi connectivity index (χ0n) is 42.6. The summed E-state index contributed by atoms with van der Waals surface area (Å²) >= 11 is 0. The van der Waals surface area contributed by atoms with E-state index in [2.05, 4.69) is 69.4 Å². The topological polar surface area (TPSA) is 78.9 Å². The maximum Gasteiger partial charge on any atom is 0.306 e. The van der Waals surface area contributed by atoms with Crippen molar-refractivity contribution in [3.05, 3.63) is 48.6 Å². The molecular weight excluding hydrogens is 793 g/mol. The number of esters is 3. The van der Waals surface area contributed by atoms with Crippen molar-refractivity contribution in [3.63, 3.8) is 0 Å². The lowest BCUT2D eigenvalue weighted by atomic mass is 10.0. The van der Waals surface area contributed by atoms with E-state index in [1.54, 1.807) is 0 Å². The first-order valence-electron chi connectivity index (χ1n) is 27.6. The molecule has 0 fully saturated rings. The Balaban J connectivity index is 4.35. The van der Waals surface area contributed by atoms with Gasteiger partial charge in [0.2, 0.25) is 0 Å². The second-order valence-corrected chi connectivity index (χ2v) is 18.5. The monoisotopic (exact) mass is 897 g/mol. The SMILES string of the molecule is CC/C=C\C/C=C\C/C=C\C/C=C\CCCCCCCCC(=O)OCC(COC(=O)CCCCCCCCCCCCCC)OC(=O)CCCCCCCCCCCCCCCCC. The van der Waals surface area contributed by atoms with Crippen molar-refractivity contribution < 1.29 is 28.6 Å². The summed E-state index contributed by atoms with van der Waals surface area (Å²) in [5.74, 6) is -0.874. The molecule has 0 radical (unpaired) electrons. The van der Waals surface area contributed by atoms with Gasteiger partial charge in [-0.1, -0.05) is 256 Å². The summed E-state index contributed by atoms with van der Waals surface area (Å²) < 4.78 is 16.8. The zero-order valence-corrected chi connectivity index (χ0v) is 42.6. The molecule has 0 aliphatic carbocycles. The standard InChI is InChI=1S/C58H104O6/c1-4-7-10-13-16-19-22-25-27-28-29-30-32-33-36-39-42-45-48-51-57(60)63-54-55(53-62-56(59)50-47-44-41-38-35-24-21-18-15-12-9-6-3)64-58(61)52-49-46-43-40-37-34-31-26-23-20-17-14-11-8-5-2/h7,10,16,19,25,27,29-30,55H,4-6,8-9,11-15,17-18,20-24,26,28,31-54H2,1-3H3/b10-7-,19-16-,27-25-,30-29-. The summed E-state index contributed by atoms with van der Waals surface area (Å²) in [6.45, 7) is 6.54. The summed E-state index contributed by atoms with van der Waals surface area (Å²) in [5.41, 5.74) is 0. The molecule has 0 aromatic carbocycles. The lowest BCUT2D eigenvalue weighted by Crippen LogP contribution is -2.30. The van der Waals surface area contributed by atoms with E-state index in [-0.39, 0.29) is 31.1 Å². The molecule has 1 unspecified atom stereocenters. The summed E-state index contributed by atoms with van der Waals surface area (Å²) in [6, 6.07) is 0. The van der Waals surface area contributed by atoms with Crippen molar-refractivity contribution in [2.75, 3.05) is 13.2 Å².